The normalized spacial score (nSPS) is 44.9. The van der Waals surface area contributed by atoms with Gasteiger partial charge in [-0.1, -0.05) is 32.4 Å². The zero-order chi connectivity index (χ0) is 23.5. The molecule has 0 saturated heterocycles. The van der Waals surface area contributed by atoms with E-state index in [1.165, 1.54) is 7.11 Å². The first-order valence-corrected chi connectivity index (χ1v) is 11.5. The van der Waals surface area contributed by atoms with E-state index in [9.17, 15) is 24.6 Å². The highest BCUT2D eigenvalue weighted by Crippen LogP contribution is 2.67. The first-order valence-electron chi connectivity index (χ1n) is 11.5. The van der Waals surface area contributed by atoms with Gasteiger partial charge in [-0.2, -0.15) is 0 Å². The quantitative estimate of drug-likeness (QED) is 0.622. The largest absolute Gasteiger partial charge is 0.456 e. The van der Waals surface area contributed by atoms with E-state index in [1.54, 1.807) is 12.2 Å². The van der Waals surface area contributed by atoms with Crippen molar-refractivity contribution in [2.24, 2.45) is 34.5 Å². The molecule has 4 aliphatic rings. The van der Waals surface area contributed by atoms with Crippen molar-refractivity contribution in [1.29, 1.82) is 0 Å². The summed E-state index contributed by atoms with van der Waals surface area (Å²) >= 11 is 0. The number of ether oxygens (including phenoxy) is 2. The molecule has 0 radical (unpaired) electrons. The monoisotopic (exact) mass is 446 g/mol. The van der Waals surface area contributed by atoms with Gasteiger partial charge >= 0.3 is 5.97 Å². The standard InChI is InChI=1S/C25H34O7/c1-14-9-16-17-6-8-25(30,20(28)12-32-21(29)13-31-4)24(17,3)11-19(27)22(16)23(2)7-5-15(26)10-18(14)23/h5,7,10,14,16-17,19,22,27,30H,6,8-9,11-13H2,1-4H3/t14-,16-,17-,19-,22+,23-,24-,25-/m0/s1. The van der Waals surface area contributed by atoms with Gasteiger partial charge in [-0.05, 0) is 55.6 Å². The van der Waals surface area contributed by atoms with Crippen LogP contribution in [0, 0.1) is 34.5 Å². The number of hydrogen-bond donors (Lipinski definition) is 2. The van der Waals surface area contributed by atoms with Crippen molar-refractivity contribution in [3.05, 3.63) is 23.8 Å². The Morgan fingerprint density at radius 3 is 2.66 bits per heavy atom. The Hall–Kier alpha value is -1.83. The zero-order valence-electron chi connectivity index (χ0n) is 19.3. The molecular formula is C25H34O7. The number of esters is 1. The smallest absolute Gasteiger partial charge is 0.332 e. The first-order chi connectivity index (χ1) is 15.0. The van der Waals surface area contributed by atoms with Crippen LogP contribution in [0.5, 0.6) is 0 Å². The summed E-state index contributed by atoms with van der Waals surface area (Å²) in [5, 5.41) is 23.0. The van der Waals surface area contributed by atoms with Crippen LogP contribution in [-0.2, 0) is 23.9 Å². The van der Waals surface area contributed by atoms with E-state index in [1.807, 2.05) is 13.0 Å². The second kappa shape index (κ2) is 7.89. The van der Waals surface area contributed by atoms with Crippen LogP contribution in [0.1, 0.15) is 46.5 Å². The van der Waals surface area contributed by atoms with Crippen LogP contribution in [0.25, 0.3) is 0 Å². The topological polar surface area (TPSA) is 110 Å². The minimum Gasteiger partial charge on any atom is -0.456 e. The first kappa shape index (κ1) is 23.3. The molecule has 176 valence electrons. The van der Waals surface area contributed by atoms with E-state index in [-0.39, 0.29) is 48.9 Å². The van der Waals surface area contributed by atoms with Crippen molar-refractivity contribution in [3.8, 4) is 0 Å². The van der Waals surface area contributed by atoms with Gasteiger partial charge in [-0.3, -0.25) is 9.59 Å². The van der Waals surface area contributed by atoms with Gasteiger partial charge in [-0.15, -0.1) is 0 Å². The summed E-state index contributed by atoms with van der Waals surface area (Å²) in [5.74, 6) is -0.936. The lowest BCUT2D eigenvalue weighted by molar-refractivity contribution is -0.183. The number of methoxy groups -OCH3 is 1. The predicted molar refractivity (Wildman–Crippen MR) is 115 cm³/mol. The van der Waals surface area contributed by atoms with Crippen molar-refractivity contribution in [2.45, 2.75) is 58.2 Å². The highest BCUT2D eigenvalue weighted by molar-refractivity contribution is 6.01. The molecule has 0 heterocycles. The third kappa shape index (κ3) is 3.24. The zero-order valence-corrected chi connectivity index (χ0v) is 19.3. The average Bonchev–Trinajstić information content (AvgIpc) is 2.99. The minimum absolute atomic E-state index is 0.0122. The van der Waals surface area contributed by atoms with Crippen LogP contribution >= 0.6 is 0 Å². The fourth-order valence-electron chi connectivity index (χ4n) is 7.64. The van der Waals surface area contributed by atoms with Crippen molar-refractivity contribution >= 4 is 17.5 Å². The highest BCUT2D eigenvalue weighted by Gasteiger charge is 2.68. The van der Waals surface area contributed by atoms with Crippen LogP contribution in [0.4, 0.5) is 0 Å². The fraction of sp³-hybridized carbons (Fsp3) is 0.720. The molecule has 0 spiro atoms. The highest BCUT2D eigenvalue weighted by atomic mass is 16.6. The molecule has 4 aliphatic carbocycles. The maximum Gasteiger partial charge on any atom is 0.332 e. The maximum atomic E-state index is 13.1. The summed E-state index contributed by atoms with van der Waals surface area (Å²) in [6.45, 7) is 5.36. The molecule has 8 atom stereocenters. The molecule has 3 saturated carbocycles. The van der Waals surface area contributed by atoms with E-state index in [0.717, 1.165) is 12.0 Å². The number of rotatable bonds is 5. The molecule has 7 nitrogen and oxygen atoms in total. The number of carbonyl (C=O) groups excluding carboxylic acids is 3. The number of Topliss-reactive ketones (excluding diaryl/α,β-unsaturated/α-hetero) is 1. The summed E-state index contributed by atoms with van der Waals surface area (Å²) in [4.78, 5) is 36.8. The Labute approximate surface area is 188 Å². The minimum atomic E-state index is -1.66. The van der Waals surface area contributed by atoms with Crippen LogP contribution in [0.3, 0.4) is 0 Å². The predicted octanol–water partition coefficient (Wildman–Crippen LogP) is 2.00. The van der Waals surface area contributed by atoms with Gasteiger partial charge in [-0.25, -0.2) is 4.79 Å². The molecule has 0 aromatic rings. The summed E-state index contributed by atoms with van der Waals surface area (Å²) in [6.07, 6.45) is 6.59. The van der Waals surface area contributed by atoms with E-state index in [2.05, 4.69) is 13.8 Å². The number of ketones is 2. The summed E-state index contributed by atoms with van der Waals surface area (Å²) in [6, 6.07) is 0. The van der Waals surface area contributed by atoms with Crippen molar-refractivity contribution < 1.29 is 34.1 Å². The molecule has 0 aliphatic heterocycles. The van der Waals surface area contributed by atoms with Gasteiger partial charge in [0.05, 0.1) is 6.10 Å². The SMILES string of the molecule is COCC(=O)OCC(=O)[C@@]1(O)CC[C@H]2[C@@H]3C[C@H](C)C4=CC(=O)C=C[C@]4(C)[C@H]3[C@@H](O)C[C@@]21C. The molecule has 0 unspecified atom stereocenters. The molecule has 7 heteroatoms. The van der Waals surface area contributed by atoms with Gasteiger partial charge in [0.15, 0.2) is 12.4 Å². The number of fused-ring (bicyclic) bond motifs is 5. The van der Waals surface area contributed by atoms with Gasteiger partial charge in [0.1, 0.15) is 12.2 Å². The third-order valence-corrected chi connectivity index (χ3v) is 9.06. The van der Waals surface area contributed by atoms with Crippen LogP contribution in [-0.4, -0.2) is 59.8 Å². The lowest BCUT2D eigenvalue weighted by Crippen LogP contribution is -2.62. The van der Waals surface area contributed by atoms with Crippen molar-refractivity contribution in [1.82, 2.24) is 0 Å². The van der Waals surface area contributed by atoms with Gasteiger partial charge < -0.3 is 19.7 Å². The Morgan fingerprint density at radius 1 is 1.25 bits per heavy atom. The molecule has 3 fully saturated rings. The van der Waals surface area contributed by atoms with Crippen LogP contribution in [0.15, 0.2) is 23.8 Å². The van der Waals surface area contributed by atoms with E-state index >= 15 is 0 Å². The summed E-state index contributed by atoms with van der Waals surface area (Å²) in [5.41, 5.74) is -1.82. The number of aliphatic hydroxyl groups is 2. The number of allylic oxidation sites excluding steroid dienone is 4. The Balaban J connectivity index is 1.63. The molecule has 2 N–H and O–H groups in total. The molecule has 0 aromatic heterocycles. The van der Waals surface area contributed by atoms with Crippen molar-refractivity contribution in [3.63, 3.8) is 0 Å². The number of aliphatic hydroxyl groups excluding tert-OH is 1. The Kier molecular flexibility index (Phi) is 5.75. The molecule has 32 heavy (non-hydrogen) atoms. The second-order valence-corrected chi connectivity index (χ2v) is 10.7. The molecule has 0 amide bonds. The van der Waals surface area contributed by atoms with Gasteiger partial charge in [0.25, 0.3) is 0 Å². The molecule has 0 bridgehead atoms. The van der Waals surface area contributed by atoms with E-state index in [0.29, 0.717) is 6.42 Å². The van der Waals surface area contributed by atoms with E-state index in [4.69, 9.17) is 9.47 Å². The van der Waals surface area contributed by atoms with E-state index < -0.39 is 40.9 Å². The number of hydrogen-bond acceptors (Lipinski definition) is 7. The molecule has 4 rings (SSSR count). The third-order valence-electron chi connectivity index (χ3n) is 9.06. The summed E-state index contributed by atoms with van der Waals surface area (Å²) < 4.78 is 9.73. The van der Waals surface area contributed by atoms with Gasteiger partial charge in [0, 0.05) is 23.9 Å². The Morgan fingerprint density at radius 2 is 1.97 bits per heavy atom. The maximum absolute atomic E-state index is 13.1. The molecule has 0 aromatic carbocycles. The van der Waals surface area contributed by atoms with Crippen molar-refractivity contribution in [2.75, 3.05) is 20.3 Å². The van der Waals surface area contributed by atoms with Crippen LogP contribution in [0.2, 0.25) is 0 Å². The lowest BCUT2D eigenvalue weighted by atomic mass is 9.45. The molecular weight excluding hydrogens is 412 g/mol. The fourth-order valence-corrected chi connectivity index (χ4v) is 7.64. The second-order valence-electron chi connectivity index (χ2n) is 10.7. The lowest BCUT2D eigenvalue weighted by Gasteiger charge is -2.60. The summed E-state index contributed by atoms with van der Waals surface area (Å²) in [7, 11) is 1.36. The van der Waals surface area contributed by atoms with Crippen LogP contribution < -0.4 is 0 Å². The van der Waals surface area contributed by atoms with Gasteiger partial charge in [0.2, 0.25) is 5.78 Å². The average molecular weight is 447 g/mol. The number of carbonyl (C=O) groups is 3. The Bertz CT molecular complexity index is 891.